The van der Waals surface area contributed by atoms with Gasteiger partial charge >= 0.3 is 0 Å². The molecule has 0 radical (unpaired) electrons. The van der Waals surface area contributed by atoms with Gasteiger partial charge in [0.05, 0.1) is 6.54 Å². The van der Waals surface area contributed by atoms with E-state index < -0.39 is 0 Å². The van der Waals surface area contributed by atoms with Crippen LogP contribution in [-0.2, 0) is 6.54 Å². The van der Waals surface area contributed by atoms with Crippen LogP contribution in [0.3, 0.4) is 0 Å². The van der Waals surface area contributed by atoms with Crippen LogP contribution in [0.5, 0.6) is 0 Å². The second-order valence-electron chi connectivity index (χ2n) is 5.93. The zero-order valence-corrected chi connectivity index (χ0v) is 12.7. The smallest absolute Gasteiger partial charge is 0.137 e. The molecule has 4 nitrogen and oxygen atoms in total. The topological polar surface area (TPSA) is 34.0 Å². The quantitative estimate of drug-likeness (QED) is 0.846. The van der Waals surface area contributed by atoms with Crippen LogP contribution in [0.25, 0.3) is 0 Å². The SMILES string of the molecule is CC[C@H]1CN(CCn2cncn2)CC[C@H]1c1ccccc1. The van der Waals surface area contributed by atoms with Crippen molar-refractivity contribution in [2.75, 3.05) is 19.6 Å². The van der Waals surface area contributed by atoms with Crippen LogP contribution < -0.4 is 0 Å². The number of likely N-dealkylation sites (tertiary alicyclic amines) is 1. The third kappa shape index (κ3) is 3.50. The van der Waals surface area contributed by atoms with Crippen LogP contribution >= 0.6 is 0 Å². The minimum Gasteiger partial charge on any atom is -0.301 e. The predicted molar refractivity (Wildman–Crippen MR) is 84.0 cm³/mol. The maximum absolute atomic E-state index is 4.18. The molecule has 2 aromatic rings. The fourth-order valence-corrected chi connectivity index (χ4v) is 3.46. The minimum atomic E-state index is 0.721. The molecule has 0 spiro atoms. The molecule has 112 valence electrons. The van der Waals surface area contributed by atoms with Crippen molar-refractivity contribution in [1.29, 1.82) is 0 Å². The fourth-order valence-electron chi connectivity index (χ4n) is 3.46. The van der Waals surface area contributed by atoms with E-state index in [0.717, 1.165) is 24.9 Å². The van der Waals surface area contributed by atoms with Gasteiger partial charge in [0.2, 0.25) is 0 Å². The molecule has 0 bridgehead atoms. The van der Waals surface area contributed by atoms with Crippen molar-refractivity contribution in [3.63, 3.8) is 0 Å². The molecule has 0 amide bonds. The van der Waals surface area contributed by atoms with E-state index in [1.54, 1.807) is 12.7 Å². The standard InChI is InChI=1S/C17H24N4/c1-2-15-12-20(10-11-21-14-18-13-19-21)9-8-17(15)16-6-4-3-5-7-16/h3-7,13-15,17H,2,8-12H2,1H3/t15-,17+/m0/s1. The second-order valence-corrected chi connectivity index (χ2v) is 5.93. The number of hydrogen-bond donors (Lipinski definition) is 0. The minimum absolute atomic E-state index is 0.721. The van der Waals surface area contributed by atoms with Crippen LogP contribution in [0.1, 0.15) is 31.2 Å². The van der Waals surface area contributed by atoms with E-state index in [0.29, 0.717) is 0 Å². The molecular formula is C17H24N4. The van der Waals surface area contributed by atoms with Gasteiger partial charge in [0.1, 0.15) is 12.7 Å². The summed E-state index contributed by atoms with van der Waals surface area (Å²) in [5, 5.41) is 4.18. The van der Waals surface area contributed by atoms with Crippen LogP contribution in [0.2, 0.25) is 0 Å². The molecule has 3 rings (SSSR count). The molecule has 1 fully saturated rings. The summed E-state index contributed by atoms with van der Waals surface area (Å²) >= 11 is 0. The monoisotopic (exact) mass is 284 g/mol. The Balaban J connectivity index is 1.58. The molecule has 1 saturated heterocycles. The largest absolute Gasteiger partial charge is 0.301 e. The van der Waals surface area contributed by atoms with E-state index in [1.807, 2.05) is 4.68 Å². The van der Waals surface area contributed by atoms with Gasteiger partial charge in [-0.2, -0.15) is 5.10 Å². The first-order valence-electron chi connectivity index (χ1n) is 7.96. The Hall–Kier alpha value is -1.68. The number of piperidine rings is 1. The molecule has 0 aliphatic carbocycles. The Morgan fingerprint density at radius 2 is 2.05 bits per heavy atom. The fraction of sp³-hybridized carbons (Fsp3) is 0.529. The van der Waals surface area contributed by atoms with E-state index >= 15 is 0 Å². The van der Waals surface area contributed by atoms with Gasteiger partial charge in [0.15, 0.2) is 0 Å². The summed E-state index contributed by atoms with van der Waals surface area (Å²) in [5.41, 5.74) is 1.51. The Morgan fingerprint density at radius 3 is 2.76 bits per heavy atom. The molecule has 4 heteroatoms. The Bertz CT molecular complexity index is 523. The summed E-state index contributed by atoms with van der Waals surface area (Å²) in [7, 11) is 0. The van der Waals surface area contributed by atoms with Gasteiger partial charge < -0.3 is 4.90 Å². The van der Waals surface area contributed by atoms with E-state index in [1.165, 1.54) is 31.5 Å². The number of benzene rings is 1. The zero-order chi connectivity index (χ0) is 14.5. The molecular weight excluding hydrogens is 260 g/mol. The highest BCUT2D eigenvalue weighted by Gasteiger charge is 2.28. The van der Waals surface area contributed by atoms with Crippen molar-refractivity contribution in [2.24, 2.45) is 5.92 Å². The highest BCUT2D eigenvalue weighted by atomic mass is 15.3. The van der Waals surface area contributed by atoms with Crippen molar-refractivity contribution in [2.45, 2.75) is 32.2 Å². The van der Waals surface area contributed by atoms with Gasteiger partial charge in [-0.25, -0.2) is 4.98 Å². The van der Waals surface area contributed by atoms with Gasteiger partial charge in [-0.1, -0.05) is 43.7 Å². The second kappa shape index (κ2) is 6.85. The maximum Gasteiger partial charge on any atom is 0.137 e. The van der Waals surface area contributed by atoms with Crippen LogP contribution in [0, 0.1) is 5.92 Å². The number of nitrogens with zero attached hydrogens (tertiary/aromatic N) is 4. The van der Waals surface area contributed by atoms with Crippen molar-refractivity contribution in [3.05, 3.63) is 48.5 Å². The summed E-state index contributed by atoms with van der Waals surface area (Å²) in [5.74, 6) is 1.48. The maximum atomic E-state index is 4.18. The summed E-state index contributed by atoms with van der Waals surface area (Å²) in [6.07, 6.45) is 5.92. The van der Waals surface area contributed by atoms with Crippen molar-refractivity contribution in [3.8, 4) is 0 Å². The number of rotatable bonds is 5. The molecule has 21 heavy (non-hydrogen) atoms. The molecule has 0 N–H and O–H groups in total. The predicted octanol–water partition coefficient (Wildman–Crippen LogP) is 2.79. The average Bonchev–Trinajstić information content (AvgIpc) is 3.07. The van der Waals surface area contributed by atoms with E-state index in [4.69, 9.17) is 0 Å². The molecule has 1 aromatic carbocycles. The molecule has 1 aliphatic rings. The van der Waals surface area contributed by atoms with E-state index in [9.17, 15) is 0 Å². The van der Waals surface area contributed by atoms with E-state index in [-0.39, 0.29) is 0 Å². The zero-order valence-electron chi connectivity index (χ0n) is 12.7. The normalized spacial score (nSPS) is 23.3. The summed E-state index contributed by atoms with van der Waals surface area (Å²) in [6.45, 7) is 6.71. The lowest BCUT2D eigenvalue weighted by Gasteiger charge is -2.38. The summed E-state index contributed by atoms with van der Waals surface area (Å²) < 4.78 is 1.92. The lowest BCUT2D eigenvalue weighted by Crippen LogP contribution is -2.40. The first kappa shape index (κ1) is 14.3. The van der Waals surface area contributed by atoms with Gasteiger partial charge in [-0.3, -0.25) is 4.68 Å². The molecule has 2 heterocycles. The van der Waals surface area contributed by atoms with E-state index in [2.05, 4.69) is 52.2 Å². The molecule has 1 aliphatic heterocycles. The summed E-state index contributed by atoms with van der Waals surface area (Å²) in [4.78, 5) is 6.58. The average molecular weight is 284 g/mol. The lowest BCUT2D eigenvalue weighted by atomic mass is 9.79. The molecule has 1 aromatic heterocycles. The van der Waals surface area contributed by atoms with Crippen molar-refractivity contribution >= 4 is 0 Å². The van der Waals surface area contributed by atoms with Crippen molar-refractivity contribution in [1.82, 2.24) is 19.7 Å². The number of aromatic nitrogens is 3. The van der Waals surface area contributed by atoms with Gasteiger partial charge in [-0.15, -0.1) is 0 Å². The Labute approximate surface area is 126 Å². The Kier molecular flexibility index (Phi) is 4.65. The number of hydrogen-bond acceptors (Lipinski definition) is 3. The first-order valence-corrected chi connectivity index (χ1v) is 7.96. The first-order chi connectivity index (χ1) is 10.4. The van der Waals surface area contributed by atoms with Crippen LogP contribution in [0.4, 0.5) is 0 Å². The summed E-state index contributed by atoms with van der Waals surface area (Å²) in [6, 6.07) is 11.0. The molecule has 2 atom stereocenters. The molecule has 0 unspecified atom stereocenters. The molecule has 0 saturated carbocycles. The third-order valence-electron chi connectivity index (χ3n) is 4.68. The highest BCUT2D eigenvalue weighted by Crippen LogP contribution is 2.34. The van der Waals surface area contributed by atoms with Crippen LogP contribution in [0.15, 0.2) is 43.0 Å². The highest BCUT2D eigenvalue weighted by molar-refractivity contribution is 5.21. The van der Waals surface area contributed by atoms with Gasteiger partial charge in [0.25, 0.3) is 0 Å². The third-order valence-corrected chi connectivity index (χ3v) is 4.68. The lowest BCUT2D eigenvalue weighted by molar-refractivity contribution is 0.144. The van der Waals surface area contributed by atoms with Gasteiger partial charge in [-0.05, 0) is 30.4 Å². The van der Waals surface area contributed by atoms with Crippen LogP contribution in [-0.4, -0.2) is 39.3 Å². The van der Waals surface area contributed by atoms with Crippen molar-refractivity contribution < 1.29 is 0 Å². The van der Waals surface area contributed by atoms with Gasteiger partial charge in [0, 0.05) is 13.1 Å². The Morgan fingerprint density at radius 1 is 1.19 bits per heavy atom.